The van der Waals surface area contributed by atoms with Crippen LogP contribution in [-0.4, -0.2) is 42.6 Å². The van der Waals surface area contributed by atoms with Crippen LogP contribution in [0, 0.1) is 11.3 Å². The van der Waals surface area contributed by atoms with Gasteiger partial charge in [-0.3, -0.25) is 0 Å². The number of nitrogens with zero attached hydrogens (tertiary/aromatic N) is 1. The van der Waals surface area contributed by atoms with E-state index < -0.39 is 6.10 Å². The second-order valence-electron chi connectivity index (χ2n) is 5.70. The van der Waals surface area contributed by atoms with Crippen molar-refractivity contribution in [3.05, 3.63) is 29.8 Å². The maximum absolute atomic E-state index is 9.99. The standard InChI is InChI=1S/C16H20N2O3/c17-8-11-3-1-2-4-15(11)20-10-12(19)9-18-14-7-13-5-6-16(14)21-13/h1-4,12-14,16,18-19H,5-7,9-10H2. The topological polar surface area (TPSA) is 74.5 Å². The van der Waals surface area contributed by atoms with E-state index >= 15 is 0 Å². The van der Waals surface area contributed by atoms with Gasteiger partial charge in [-0.15, -0.1) is 0 Å². The van der Waals surface area contributed by atoms with E-state index in [2.05, 4.69) is 11.4 Å². The van der Waals surface area contributed by atoms with Crippen molar-refractivity contribution in [2.45, 2.75) is 43.6 Å². The Morgan fingerprint density at radius 1 is 1.43 bits per heavy atom. The van der Waals surface area contributed by atoms with Gasteiger partial charge >= 0.3 is 0 Å². The summed E-state index contributed by atoms with van der Waals surface area (Å²) in [4.78, 5) is 0. The molecule has 5 nitrogen and oxygen atoms in total. The van der Waals surface area contributed by atoms with Gasteiger partial charge in [0, 0.05) is 12.6 Å². The fraction of sp³-hybridized carbons (Fsp3) is 0.562. The van der Waals surface area contributed by atoms with Crippen LogP contribution in [0.1, 0.15) is 24.8 Å². The molecule has 2 aliphatic heterocycles. The minimum Gasteiger partial charge on any atom is -0.489 e. The van der Waals surface area contributed by atoms with Crippen LogP contribution in [0.4, 0.5) is 0 Å². The van der Waals surface area contributed by atoms with Crippen molar-refractivity contribution in [2.24, 2.45) is 0 Å². The van der Waals surface area contributed by atoms with Crippen LogP contribution < -0.4 is 10.1 Å². The third-order valence-corrected chi connectivity index (χ3v) is 4.16. The highest BCUT2D eigenvalue weighted by molar-refractivity contribution is 5.42. The van der Waals surface area contributed by atoms with Crippen molar-refractivity contribution in [3.63, 3.8) is 0 Å². The molecular formula is C16H20N2O3. The molecule has 2 saturated heterocycles. The Morgan fingerprint density at radius 3 is 3.00 bits per heavy atom. The van der Waals surface area contributed by atoms with Gasteiger partial charge in [0.05, 0.1) is 17.8 Å². The van der Waals surface area contributed by atoms with Gasteiger partial charge in [-0.2, -0.15) is 5.26 Å². The number of ether oxygens (including phenoxy) is 2. The van der Waals surface area contributed by atoms with Crippen LogP contribution in [0.3, 0.4) is 0 Å². The summed E-state index contributed by atoms with van der Waals surface area (Å²) in [6.07, 6.45) is 3.43. The predicted molar refractivity (Wildman–Crippen MR) is 77.0 cm³/mol. The zero-order valence-electron chi connectivity index (χ0n) is 11.9. The molecule has 5 heteroatoms. The highest BCUT2D eigenvalue weighted by Gasteiger charge is 2.40. The Balaban J connectivity index is 1.42. The lowest BCUT2D eigenvalue weighted by molar-refractivity contribution is 0.0853. The van der Waals surface area contributed by atoms with Gasteiger partial charge in [0.2, 0.25) is 0 Å². The maximum Gasteiger partial charge on any atom is 0.137 e. The molecule has 0 radical (unpaired) electrons. The molecule has 0 aliphatic carbocycles. The van der Waals surface area contributed by atoms with Crippen molar-refractivity contribution >= 4 is 0 Å². The van der Waals surface area contributed by atoms with Crippen molar-refractivity contribution in [3.8, 4) is 11.8 Å². The van der Waals surface area contributed by atoms with Crippen molar-refractivity contribution in [1.29, 1.82) is 5.26 Å². The summed E-state index contributed by atoms with van der Waals surface area (Å²) >= 11 is 0. The summed E-state index contributed by atoms with van der Waals surface area (Å²) in [5.74, 6) is 0.516. The number of aliphatic hydroxyl groups is 1. The van der Waals surface area contributed by atoms with E-state index in [0.717, 1.165) is 12.8 Å². The molecule has 0 amide bonds. The first-order valence-electron chi connectivity index (χ1n) is 7.45. The number of aliphatic hydroxyl groups excluding tert-OH is 1. The highest BCUT2D eigenvalue weighted by Crippen LogP contribution is 2.34. The van der Waals surface area contributed by atoms with Crippen molar-refractivity contribution < 1.29 is 14.6 Å². The molecule has 21 heavy (non-hydrogen) atoms. The van der Waals surface area contributed by atoms with Gasteiger partial charge < -0.3 is 19.9 Å². The first-order valence-corrected chi connectivity index (χ1v) is 7.45. The zero-order valence-corrected chi connectivity index (χ0v) is 11.9. The molecule has 2 fully saturated rings. The molecule has 0 spiro atoms. The Kier molecular flexibility index (Phi) is 4.39. The number of nitrogens with one attached hydrogen (secondary N) is 1. The van der Waals surface area contributed by atoms with E-state index in [1.165, 1.54) is 6.42 Å². The number of nitriles is 1. The summed E-state index contributed by atoms with van der Waals surface area (Å²) in [5, 5.41) is 22.3. The maximum atomic E-state index is 9.99. The molecule has 112 valence electrons. The number of hydrogen-bond donors (Lipinski definition) is 2. The molecule has 2 heterocycles. The molecule has 4 unspecified atom stereocenters. The van der Waals surface area contributed by atoms with E-state index in [1.54, 1.807) is 18.2 Å². The zero-order chi connectivity index (χ0) is 14.7. The van der Waals surface area contributed by atoms with Gasteiger partial charge in [0.25, 0.3) is 0 Å². The third-order valence-electron chi connectivity index (χ3n) is 4.16. The van der Waals surface area contributed by atoms with Gasteiger partial charge in [0.1, 0.15) is 24.5 Å². The fourth-order valence-corrected chi connectivity index (χ4v) is 3.07. The molecule has 0 aromatic heterocycles. The average Bonchev–Trinajstić information content (AvgIpc) is 3.14. The molecule has 2 bridgehead atoms. The van der Waals surface area contributed by atoms with Crippen LogP contribution in [0.25, 0.3) is 0 Å². The third kappa shape index (κ3) is 3.35. The Morgan fingerprint density at radius 2 is 2.29 bits per heavy atom. The average molecular weight is 288 g/mol. The quantitative estimate of drug-likeness (QED) is 0.823. The lowest BCUT2D eigenvalue weighted by atomic mass is 9.95. The highest BCUT2D eigenvalue weighted by atomic mass is 16.5. The van der Waals surface area contributed by atoms with Gasteiger partial charge in [-0.1, -0.05) is 12.1 Å². The molecule has 1 aromatic rings. The monoisotopic (exact) mass is 288 g/mol. The number of fused-ring (bicyclic) bond motifs is 2. The normalized spacial score (nSPS) is 28.3. The number of benzene rings is 1. The minimum atomic E-state index is -0.601. The Bertz CT molecular complexity index is 528. The van der Waals surface area contributed by atoms with Gasteiger partial charge in [0.15, 0.2) is 0 Å². The number of para-hydroxylation sites is 1. The summed E-state index contributed by atoms with van der Waals surface area (Å²) in [6.45, 7) is 0.652. The van der Waals surface area contributed by atoms with Crippen LogP contribution in [0.2, 0.25) is 0 Å². The van der Waals surface area contributed by atoms with Crippen LogP contribution in [0.5, 0.6) is 5.75 Å². The molecule has 0 saturated carbocycles. The van der Waals surface area contributed by atoms with Gasteiger partial charge in [-0.05, 0) is 31.4 Å². The van der Waals surface area contributed by atoms with E-state index in [4.69, 9.17) is 14.7 Å². The lowest BCUT2D eigenvalue weighted by Crippen LogP contribution is -2.42. The van der Waals surface area contributed by atoms with Gasteiger partial charge in [-0.25, -0.2) is 0 Å². The SMILES string of the molecule is N#Cc1ccccc1OCC(O)CNC1CC2CCC1O2. The Labute approximate surface area is 124 Å². The van der Waals surface area contributed by atoms with E-state index in [-0.39, 0.29) is 6.61 Å². The molecule has 1 aromatic carbocycles. The second kappa shape index (κ2) is 6.44. The van der Waals surface area contributed by atoms with E-state index in [1.807, 2.05) is 6.07 Å². The lowest BCUT2D eigenvalue weighted by Gasteiger charge is -2.22. The molecular weight excluding hydrogens is 268 g/mol. The smallest absolute Gasteiger partial charge is 0.137 e. The Hall–Kier alpha value is -1.61. The van der Waals surface area contributed by atoms with Crippen molar-refractivity contribution in [1.82, 2.24) is 5.32 Å². The molecule has 4 atom stereocenters. The molecule has 2 aliphatic rings. The summed E-state index contributed by atoms with van der Waals surface area (Å²) < 4.78 is 11.3. The van der Waals surface area contributed by atoms with Crippen LogP contribution >= 0.6 is 0 Å². The van der Waals surface area contributed by atoms with Crippen LogP contribution in [0.15, 0.2) is 24.3 Å². The predicted octanol–water partition coefficient (Wildman–Crippen LogP) is 1.21. The fourth-order valence-electron chi connectivity index (χ4n) is 3.07. The van der Waals surface area contributed by atoms with E-state index in [0.29, 0.717) is 36.1 Å². The second-order valence-corrected chi connectivity index (χ2v) is 5.70. The van der Waals surface area contributed by atoms with Crippen molar-refractivity contribution in [2.75, 3.05) is 13.2 Å². The molecule has 2 N–H and O–H groups in total. The first-order chi connectivity index (χ1) is 10.3. The minimum absolute atomic E-state index is 0.174. The summed E-state index contributed by atoms with van der Waals surface area (Å²) in [6, 6.07) is 9.47. The summed E-state index contributed by atoms with van der Waals surface area (Å²) in [5.41, 5.74) is 0.485. The van der Waals surface area contributed by atoms with E-state index in [9.17, 15) is 5.11 Å². The largest absolute Gasteiger partial charge is 0.489 e. The number of rotatable bonds is 6. The summed E-state index contributed by atoms with van der Waals surface area (Å²) in [7, 11) is 0. The molecule has 3 rings (SSSR count). The first kappa shape index (κ1) is 14.3. The van der Waals surface area contributed by atoms with Crippen LogP contribution in [-0.2, 0) is 4.74 Å². The number of hydrogen-bond acceptors (Lipinski definition) is 5.